The van der Waals surface area contributed by atoms with Crippen molar-refractivity contribution in [3.63, 3.8) is 0 Å². The second-order valence-corrected chi connectivity index (χ2v) is 9.40. The van der Waals surface area contributed by atoms with Crippen LogP contribution in [0.4, 0.5) is 24.5 Å². The molecule has 2 unspecified atom stereocenters. The van der Waals surface area contributed by atoms with Crippen molar-refractivity contribution in [2.45, 2.75) is 51.2 Å². The van der Waals surface area contributed by atoms with Crippen LogP contribution in [0.25, 0.3) is 0 Å². The van der Waals surface area contributed by atoms with Gasteiger partial charge in [-0.05, 0) is 75.7 Å². The predicted molar refractivity (Wildman–Crippen MR) is 120 cm³/mol. The topological polar surface area (TPSA) is 27.7 Å². The van der Waals surface area contributed by atoms with Gasteiger partial charge in [0.05, 0.1) is 18.0 Å². The Kier molecular flexibility index (Phi) is 5.93. The van der Waals surface area contributed by atoms with Gasteiger partial charge in [0.25, 0.3) is 0 Å². The molecule has 0 aromatic heterocycles. The molecule has 1 N–H and O–H groups in total. The fraction of sp³-hybridized carbons (Fsp3) is 0.520. The van der Waals surface area contributed by atoms with Crippen LogP contribution >= 0.6 is 0 Å². The lowest BCUT2D eigenvalue weighted by atomic mass is 9.93. The molecule has 0 aliphatic carbocycles. The Balaban J connectivity index is 1.12. The first-order valence-corrected chi connectivity index (χ1v) is 11.6. The van der Waals surface area contributed by atoms with Gasteiger partial charge in [0.1, 0.15) is 29.4 Å². The van der Waals surface area contributed by atoms with Crippen molar-refractivity contribution in [2.75, 3.05) is 36.5 Å². The lowest BCUT2D eigenvalue weighted by Gasteiger charge is -2.40. The van der Waals surface area contributed by atoms with E-state index in [1.807, 2.05) is 0 Å². The van der Waals surface area contributed by atoms with Crippen molar-refractivity contribution in [2.24, 2.45) is 5.92 Å². The summed E-state index contributed by atoms with van der Waals surface area (Å²) in [6.07, 6.45) is 5.19. The number of aryl methyl sites for hydroxylation is 1. The molecule has 32 heavy (non-hydrogen) atoms. The Morgan fingerprint density at radius 1 is 0.969 bits per heavy atom. The summed E-state index contributed by atoms with van der Waals surface area (Å²) in [6, 6.07) is 7.04. The van der Waals surface area contributed by atoms with Gasteiger partial charge < -0.3 is 15.0 Å². The van der Waals surface area contributed by atoms with Gasteiger partial charge in [-0.1, -0.05) is 0 Å². The minimum absolute atomic E-state index is 0.162. The number of hydrogen-bond donors (Lipinski definition) is 1. The molecule has 0 radical (unpaired) electrons. The highest BCUT2D eigenvalue weighted by Crippen LogP contribution is 2.44. The quantitative estimate of drug-likeness (QED) is 0.663. The zero-order valence-electron chi connectivity index (χ0n) is 18.4. The van der Waals surface area contributed by atoms with Gasteiger partial charge in [0.15, 0.2) is 0 Å². The van der Waals surface area contributed by atoms with Crippen molar-refractivity contribution in [3.05, 3.63) is 53.3 Å². The number of ether oxygens (including phenoxy) is 1. The van der Waals surface area contributed by atoms with Crippen LogP contribution in [0.5, 0.6) is 5.75 Å². The maximum atomic E-state index is 14.0. The van der Waals surface area contributed by atoms with E-state index in [9.17, 15) is 13.2 Å². The first-order chi connectivity index (χ1) is 15.5. The summed E-state index contributed by atoms with van der Waals surface area (Å²) >= 11 is 0. The smallest absolute Gasteiger partial charge is 0.129 e. The Labute approximate surface area is 187 Å². The zero-order valence-corrected chi connectivity index (χ0v) is 18.4. The summed E-state index contributed by atoms with van der Waals surface area (Å²) in [5.74, 6) is -0.598. The van der Waals surface area contributed by atoms with Gasteiger partial charge in [0, 0.05) is 30.8 Å². The van der Waals surface area contributed by atoms with Crippen molar-refractivity contribution in [3.8, 4) is 5.75 Å². The first kappa shape index (κ1) is 21.4. The Bertz CT molecular complexity index is 957. The molecule has 3 heterocycles. The average molecular weight is 446 g/mol. The average Bonchev–Trinajstić information content (AvgIpc) is 3.10. The van der Waals surface area contributed by atoms with Crippen molar-refractivity contribution in [1.82, 2.24) is 4.90 Å². The molecule has 0 amide bonds. The second kappa shape index (κ2) is 8.85. The largest absolute Gasteiger partial charge is 0.493 e. The monoisotopic (exact) mass is 445 g/mol. The fourth-order valence-electron chi connectivity index (χ4n) is 5.49. The number of piperidine rings is 1. The number of benzene rings is 2. The molecule has 0 saturated carbocycles. The lowest BCUT2D eigenvalue weighted by Crippen LogP contribution is -2.51. The summed E-state index contributed by atoms with van der Waals surface area (Å²) in [5, 5.41) is 3.57. The van der Waals surface area contributed by atoms with Crippen LogP contribution in [0.2, 0.25) is 0 Å². The highest BCUT2D eigenvalue weighted by molar-refractivity contribution is 5.80. The molecule has 2 aromatic rings. The van der Waals surface area contributed by atoms with Gasteiger partial charge in [0.2, 0.25) is 0 Å². The van der Waals surface area contributed by atoms with Crippen LogP contribution < -0.4 is 15.0 Å². The minimum atomic E-state index is -0.617. The van der Waals surface area contributed by atoms with Crippen LogP contribution in [0.3, 0.4) is 0 Å². The molecular weight excluding hydrogens is 415 g/mol. The number of hydrogen-bond acceptors (Lipinski definition) is 4. The molecule has 7 heteroatoms. The van der Waals surface area contributed by atoms with E-state index < -0.39 is 11.6 Å². The SMILES string of the molecule is CC1CCc2cc(F)cc3c2N1C(CN1CCC(CCOc2cc(F)cc(F)c2)CC1)N3. The van der Waals surface area contributed by atoms with E-state index >= 15 is 0 Å². The third-order valence-corrected chi connectivity index (χ3v) is 7.15. The fourth-order valence-corrected chi connectivity index (χ4v) is 5.49. The maximum Gasteiger partial charge on any atom is 0.129 e. The number of nitrogens with zero attached hydrogens (tertiary/aromatic N) is 2. The molecule has 2 atom stereocenters. The third-order valence-electron chi connectivity index (χ3n) is 7.15. The van der Waals surface area contributed by atoms with E-state index in [0.29, 0.717) is 18.6 Å². The van der Waals surface area contributed by atoms with Crippen LogP contribution in [0.1, 0.15) is 38.2 Å². The molecule has 0 bridgehead atoms. The van der Waals surface area contributed by atoms with E-state index in [-0.39, 0.29) is 17.7 Å². The molecule has 3 aliphatic heterocycles. The molecule has 5 rings (SSSR count). The highest BCUT2D eigenvalue weighted by atomic mass is 19.1. The summed E-state index contributed by atoms with van der Waals surface area (Å²) in [4.78, 5) is 4.94. The highest BCUT2D eigenvalue weighted by Gasteiger charge is 2.38. The van der Waals surface area contributed by atoms with Crippen LogP contribution in [0, 0.1) is 23.4 Å². The summed E-state index contributed by atoms with van der Waals surface area (Å²) in [5.41, 5.74) is 3.23. The van der Waals surface area contributed by atoms with E-state index in [1.165, 1.54) is 17.8 Å². The molecule has 1 fully saturated rings. The number of halogens is 3. The van der Waals surface area contributed by atoms with Crippen molar-refractivity contribution in [1.29, 1.82) is 0 Å². The van der Waals surface area contributed by atoms with Gasteiger partial charge in [-0.3, -0.25) is 4.90 Å². The lowest BCUT2D eigenvalue weighted by molar-refractivity contribution is 0.157. The number of nitrogens with one attached hydrogen (secondary N) is 1. The molecular formula is C25H30F3N3O. The Morgan fingerprint density at radius 2 is 1.69 bits per heavy atom. The van der Waals surface area contributed by atoms with Crippen LogP contribution in [-0.4, -0.2) is 43.3 Å². The summed E-state index contributed by atoms with van der Waals surface area (Å²) in [7, 11) is 0. The van der Waals surface area contributed by atoms with Crippen molar-refractivity contribution < 1.29 is 17.9 Å². The summed E-state index contributed by atoms with van der Waals surface area (Å²) in [6.45, 7) is 5.65. The second-order valence-electron chi connectivity index (χ2n) is 9.40. The van der Waals surface area contributed by atoms with Crippen LogP contribution in [-0.2, 0) is 6.42 Å². The predicted octanol–water partition coefficient (Wildman–Crippen LogP) is 5.18. The molecule has 1 saturated heterocycles. The molecule has 172 valence electrons. The van der Waals surface area contributed by atoms with Gasteiger partial charge in [-0.15, -0.1) is 0 Å². The standard InChI is InChI=1S/C25H30F3N3O/c1-16-2-3-18-10-19(26)14-23-25(18)31(16)24(29-23)15-30-7-4-17(5-8-30)6-9-32-22-12-20(27)11-21(28)13-22/h10-14,16-17,24,29H,2-9,15H2,1H3. The van der Waals surface area contributed by atoms with E-state index in [1.54, 1.807) is 12.1 Å². The first-order valence-electron chi connectivity index (χ1n) is 11.6. The zero-order chi connectivity index (χ0) is 22.2. The summed E-state index contributed by atoms with van der Waals surface area (Å²) < 4.78 is 46.1. The molecule has 2 aromatic carbocycles. The van der Waals surface area contributed by atoms with E-state index in [2.05, 4.69) is 22.0 Å². The maximum absolute atomic E-state index is 14.0. The number of rotatable bonds is 6. The molecule has 0 spiro atoms. The Hall–Kier alpha value is -2.41. The van der Waals surface area contributed by atoms with Crippen molar-refractivity contribution >= 4 is 11.4 Å². The number of likely N-dealkylation sites (tertiary alicyclic amines) is 1. The van der Waals surface area contributed by atoms with E-state index in [0.717, 1.165) is 69.1 Å². The minimum Gasteiger partial charge on any atom is -0.493 e. The van der Waals surface area contributed by atoms with Crippen LogP contribution in [0.15, 0.2) is 30.3 Å². The van der Waals surface area contributed by atoms with Gasteiger partial charge >= 0.3 is 0 Å². The molecule has 4 nitrogen and oxygen atoms in total. The van der Waals surface area contributed by atoms with E-state index in [4.69, 9.17) is 4.74 Å². The normalized spacial score (nSPS) is 23.2. The third kappa shape index (κ3) is 4.40. The molecule has 3 aliphatic rings. The van der Waals surface area contributed by atoms with Gasteiger partial charge in [-0.25, -0.2) is 13.2 Å². The number of anilines is 2. The van der Waals surface area contributed by atoms with Gasteiger partial charge in [-0.2, -0.15) is 0 Å². The Morgan fingerprint density at radius 3 is 2.44 bits per heavy atom.